The Labute approximate surface area is 173 Å². The number of hydrogen-bond acceptors (Lipinski definition) is 6. The van der Waals surface area contributed by atoms with Crippen LogP contribution in [-0.4, -0.2) is 56.6 Å². The first-order valence-electron chi connectivity index (χ1n) is 10.2. The molecule has 0 bridgehead atoms. The molecular weight excluding hydrogens is 376 g/mol. The summed E-state index contributed by atoms with van der Waals surface area (Å²) in [6.07, 6.45) is 3.56. The Balaban J connectivity index is 1.31. The van der Waals surface area contributed by atoms with Gasteiger partial charge < -0.3 is 4.90 Å². The zero-order valence-electron chi connectivity index (χ0n) is 16.4. The average molecular weight is 396 g/mol. The van der Waals surface area contributed by atoms with Crippen LogP contribution in [0.1, 0.15) is 15.9 Å². The number of piperazine rings is 1. The quantitative estimate of drug-likeness (QED) is 0.467. The Morgan fingerprint density at radius 2 is 1.53 bits per heavy atom. The minimum atomic E-state index is 0.0831. The number of rotatable bonds is 3. The molecule has 148 valence electrons. The van der Waals surface area contributed by atoms with Crippen LogP contribution in [0.15, 0.2) is 60.9 Å². The van der Waals surface area contributed by atoms with Crippen LogP contribution in [0.3, 0.4) is 0 Å². The number of hydrogen-bond donors (Lipinski definition) is 0. The SMILES string of the molecule is O=C1c2ccccc2-c2nn(CN3CCN(c4ncccn4)CC3)c3cccc1c23. The van der Waals surface area contributed by atoms with Gasteiger partial charge in [0.05, 0.1) is 12.2 Å². The van der Waals surface area contributed by atoms with Crippen molar-refractivity contribution >= 4 is 22.6 Å². The fourth-order valence-corrected chi connectivity index (χ4v) is 4.48. The van der Waals surface area contributed by atoms with E-state index >= 15 is 0 Å². The highest BCUT2D eigenvalue weighted by atomic mass is 16.1. The Morgan fingerprint density at radius 3 is 2.33 bits per heavy atom. The maximum absolute atomic E-state index is 13.0. The molecule has 4 aromatic rings. The first kappa shape index (κ1) is 17.3. The molecule has 0 atom stereocenters. The molecule has 7 nitrogen and oxygen atoms in total. The number of ketones is 1. The molecule has 7 heteroatoms. The minimum absolute atomic E-state index is 0.0831. The van der Waals surface area contributed by atoms with E-state index in [1.807, 2.05) is 47.1 Å². The smallest absolute Gasteiger partial charge is 0.225 e. The Morgan fingerprint density at radius 1 is 0.800 bits per heavy atom. The molecule has 0 saturated carbocycles. The van der Waals surface area contributed by atoms with Crippen molar-refractivity contribution in [1.82, 2.24) is 24.6 Å². The summed E-state index contributed by atoms with van der Waals surface area (Å²) in [6, 6.07) is 15.5. The summed E-state index contributed by atoms with van der Waals surface area (Å²) in [4.78, 5) is 26.3. The highest BCUT2D eigenvalue weighted by Gasteiger charge is 2.29. The van der Waals surface area contributed by atoms with E-state index in [2.05, 4.69) is 25.8 Å². The summed E-state index contributed by atoms with van der Waals surface area (Å²) in [6.45, 7) is 4.26. The number of carbonyl (C=O) groups is 1. The lowest BCUT2D eigenvalue weighted by Crippen LogP contribution is -2.47. The summed E-state index contributed by atoms with van der Waals surface area (Å²) < 4.78 is 2.04. The van der Waals surface area contributed by atoms with Gasteiger partial charge in [-0.2, -0.15) is 5.10 Å². The van der Waals surface area contributed by atoms with Crippen molar-refractivity contribution in [3.8, 4) is 11.3 Å². The molecule has 30 heavy (non-hydrogen) atoms. The third-order valence-corrected chi connectivity index (χ3v) is 5.99. The van der Waals surface area contributed by atoms with Crippen LogP contribution >= 0.6 is 0 Å². The molecule has 1 fully saturated rings. The lowest BCUT2D eigenvalue weighted by molar-refractivity contribution is 0.104. The van der Waals surface area contributed by atoms with E-state index in [1.54, 1.807) is 12.4 Å². The summed E-state index contributed by atoms with van der Waals surface area (Å²) >= 11 is 0. The first-order valence-corrected chi connectivity index (χ1v) is 10.2. The Hall–Kier alpha value is -3.58. The molecule has 0 N–H and O–H groups in total. The zero-order valence-corrected chi connectivity index (χ0v) is 16.4. The molecule has 3 heterocycles. The van der Waals surface area contributed by atoms with Crippen molar-refractivity contribution in [1.29, 1.82) is 0 Å². The second-order valence-electron chi connectivity index (χ2n) is 7.72. The number of fused-ring (bicyclic) bond motifs is 2. The van der Waals surface area contributed by atoms with E-state index in [0.717, 1.165) is 65.4 Å². The summed E-state index contributed by atoms with van der Waals surface area (Å²) in [5, 5.41) is 5.92. The zero-order chi connectivity index (χ0) is 20.1. The molecule has 2 aliphatic rings. The number of benzene rings is 2. The number of anilines is 1. The van der Waals surface area contributed by atoms with Gasteiger partial charge in [0, 0.05) is 60.6 Å². The standard InChI is InChI=1S/C23H20N6O/c30-22-17-6-2-1-5-16(17)21-20-18(22)7-3-8-19(20)29(26-21)15-27-11-13-28(14-12-27)23-24-9-4-10-25-23/h1-10H,11-15H2. The average Bonchev–Trinajstić information content (AvgIpc) is 3.18. The number of aromatic nitrogens is 4. The van der Waals surface area contributed by atoms with Crippen LogP contribution < -0.4 is 4.90 Å². The van der Waals surface area contributed by atoms with Gasteiger partial charge in [-0.15, -0.1) is 0 Å². The van der Waals surface area contributed by atoms with Gasteiger partial charge in [0.15, 0.2) is 5.78 Å². The van der Waals surface area contributed by atoms with E-state index in [-0.39, 0.29) is 5.78 Å². The van der Waals surface area contributed by atoms with E-state index in [0.29, 0.717) is 6.67 Å². The second-order valence-corrected chi connectivity index (χ2v) is 7.72. The number of nitrogens with zero attached hydrogens (tertiary/aromatic N) is 6. The maximum atomic E-state index is 13.0. The second kappa shape index (κ2) is 6.74. The Bertz CT molecular complexity index is 1260. The molecular formula is C23H20N6O. The lowest BCUT2D eigenvalue weighted by Gasteiger charge is -2.34. The van der Waals surface area contributed by atoms with Gasteiger partial charge in [0.2, 0.25) is 5.95 Å². The normalized spacial score (nSPS) is 16.1. The highest BCUT2D eigenvalue weighted by molar-refractivity contribution is 6.25. The highest BCUT2D eigenvalue weighted by Crippen LogP contribution is 2.38. The number of carbonyl (C=O) groups excluding carboxylic acids is 1. The summed E-state index contributed by atoms with van der Waals surface area (Å²) in [5.74, 6) is 0.870. The third-order valence-electron chi connectivity index (χ3n) is 5.99. The van der Waals surface area contributed by atoms with Crippen molar-refractivity contribution in [3.05, 3.63) is 72.1 Å². The van der Waals surface area contributed by atoms with Crippen molar-refractivity contribution in [2.75, 3.05) is 31.1 Å². The van der Waals surface area contributed by atoms with Gasteiger partial charge in [0.1, 0.15) is 5.69 Å². The Kier molecular flexibility index (Phi) is 3.89. The van der Waals surface area contributed by atoms with Gasteiger partial charge in [-0.3, -0.25) is 9.69 Å². The molecule has 0 amide bonds. The lowest BCUT2D eigenvalue weighted by atomic mass is 9.87. The van der Waals surface area contributed by atoms with Crippen molar-refractivity contribution in [2.45, 2.75) is 6.67 Å². The van der Waals surface area contributed by atoms with Crippen LogP contribution in [0.2, 0.25) is 0 Å². The predicted octanol–water partition coefficient (Wildman–Crippen LogP) is 2.82. The van der Waals surface area contributed by atoms with Crippen LogP contribution in [0.25, 0.3) is 22.2 Å². The summed E-state index contributed by atoms with van der Waals surface area (Å²) in [5.41, 5.74) is 4.33. The maximum Gasteiger partial charge on any atom is 0.225 e. The monoisotopic (exact) mass is 396 g/mol. The van der Waals surface area contributed by atoms with Gasteiger partial charge in [-0.25, -0.2) is 14.6 Å². The molecule has 6 rings (SSSR count). The first-order chi connectivity index (χ1) is 14.8. The van der Waals surface area contributed by atoms with Crippen molar-refractivity contribution < 1.29 is 4.79 Å². The topological polar surface area (TPSA) is 67.2 Å². The van der Waals surface area contributed by atoms with Gasteiger partial charge in [-0.1, -0.05) is 36.4 Å². The van der Waals surface area contributed by atoms with Gasteiger partial charge >= 0.3 is 0 Å². The molecule has 1 aliphatic heterocycles. The van der Waals surface area contributed by atoms with E-state index in [4.69, 9.17) is 5.10 Å². The van der Waals surface area contributed by atoms with Crippen LogP contribution in [0, 0.1) is 0 Å². The predicted molar refractivity (Wildman–Crippen MR) is 114 cm³/mol. The van der Waals surface area contributed by atoms with Crippen LogP contribution in [0.4, 0.5) is 5.95 Å². The van der Waals surface area contributed by atoms with Gasteiger partial charge in [0.25, 0.3) is 0 Å². The largest absolute Gasteiger partial charge is 0.338 e. The molecule has 1 saturated heterocycles. The van der Waals surface area contributed by atoms with Gasteiger partial charge in [-0.05, 0) is 12.1 Å². The molecule has 0 spiro atoms. The molecule has 2 aromatic carbocycles. The van der Waals surface area contributed by atoms with Crippen LogP contribution in [0.5, 0.6) is 0 Å². The molecule has 0 unspecified atom stereocenters. The molecule has 0 radical (unpaired) electrons. The fourth-order valence-electron chi connectivity index (χ4n) is 4.48. The minimum Gasteiger partial charge on any atom is -0.338 e. The van der Waals surface area contributed by atoms with Crippen molar-refractivity contribution in [3.63, 3.8) is 0 Å². The van der Waals surface area contributed by atoms with E-state index < -0.39 is 0 Å². The molecule has 2 aromatic heterocycles. The van der Waals surface area contributed by atoms with Crippen molar-refractivity contribution in [2.24, 2.45) is 0 Å². The summed E-state index contributed by atoms with van der Waals surface area (Å²) in [7, 11) is 0. The molecule has 1 aliphatic carbocycles. The third kappa shape index (κ3) is 2.63. The van der Waals surface area contributed by atoms with E-state index in [1.165, 1.54) is 0 Å². The van der Waals surface area contributed by atoms with Crippen LogP contribution in [-0.2, 0) is 6.67 Å². The fraction of sp³-hybridized carbons (Fsp3) is 0.217. The van der Waals surface area contributed by atoms with E-state index in [9.17, 15) is 4.79 Å².